The number of ether oxygens (including phenoxy) is 1. The molecule has 0 spiro atoms. The molecule has 0 fully saturated rings. The molecule has 0 aromatic rings. The molecule has 0 aromatic heterocycles. The average molecular weight is 277 g/mol. The Morgan fingerprint density at radius 2 is 1.94 bits per heavy atom. The fraction of sp³-hybridized carbons (Fsp3) is 0.833. The van der Waals surface area contributed by atoms with Gasteiger partial charge >= 0.3 is 5.97 Å². The van der Waals surface area contributed by atoms with Crippen LogP contribution in [0.5, 0.6) is 0 Å². The summed E-state index contributed by atoms with van der Waals surface area (Å²) in [7, 11) is 0. The number of esters is 1. The van der Waals surface area contributed by atoms with Crippen LogP contribution in [0, 0.1) is 0 Å². The lowest BCUT2D eigenvalue weighted by molar-refractivity contribution is -0.142. The quantitative estimate of drug-likeness (QED) is 0.405. The third kappa shape index (κ3) is 6.88. The number of nitrogens with zero attached hydrogens (tertiary/aromatic N) is 1. The molecular formula is C12H23NO2S2. The summed E-state index contributed by atoms with van der Waals surface area (Å²) >= 11 is 6.69. The molecule has 0 saturated carbocycles. The van der Waals surface area contributed by atoms with E-state index in [0.717, 1.165) is 30.3 Å². The zero-order chi connectivity index (χ0) is 13.3. The van der Waals surface area contributed by atoms with E-state index in [2.05, 4.69) is 25.7 Å². The summed E-state index contributed by atoms with van der Waals surface area (Å²) in [6, 6.07) is 0. The predicted octanol–water partition coefficient (Wildman–Crippen LogP) is 3.08. The summed E-state index contributed by atoms with van der Waals surface area (Å²) in [4.78, 5) is 13.7. The van der Waals surface area contributed by atoms with Crippen LogP contribution in [0.3, 0.4) is 0 Å². The lowest BCUT2D eigenvalue weighted by atomic mass is 10.4. The van der Waals surface area contributed by atoms with Crippen molar-refractivity contribution >= 4 is 34.3 Å². The van der Waals surface area contributed by atoms with E-state index in [1.807, 2.05) is 6.92 Å². The van der Waals surface area contributed by atoms with E-state index in [0.29, 0.717) is 6.61 Å². The van der Waals surface area contributed by atoms with Gasteiger partial charge in [0.05, 0.1) is 6.61 Å². The molecule has 0 rings (SSSR count). The number of hydrogen-bond acceptors (Lipinski definition) is 4. The second-order valence-electron chi connectivity index (χ2n) is 3.72. The van der Waals surface area contributed by atoms with Crippen LogP contribution in [0.1, 0.15) is 40.5 Å². The van der Waals surface area contributed by atoms with Crippen LogP contribution in [0.4, 0.5) is 0 Å². The summed E-state index contributed by atoms with van der Waals surface area (Å²) in [5, 5.41) is -0.222. The second-order valence-corrected chi connectivity index (χ2v) is 5.69. The molecule has 0 bridgehead atoms. The minimum Gasteiger partial charge on any atom is -0.465 e. The summed E-state index contributed by atoms with van der Waals surface area (Å²) in [5.41, 5.74) is 0. The summed E-state index contributed by atoms with van der Waals surface area (Å²) < 4.78 is 5.93. The van der Waals surface area contributed by atoms with Crippen molar-refractivity contribution in [1.82, 2.24) is 4.90 Å². The van der Waals surface area contributed by atoms with E-state index >= 15 is 0 Å². The molecule has 1 unspecified atom stereocenters. The maximum atomic E-state index is 11.6. The molecule has 0 amide bonds. The SMILES string of the molecule is CCCCOC(=O)C(C)SC(=S)N(CC)CC. The zero-order valence-electron chi connectivity index (χ0n) is 11.2. The Morgan fingerprint density at radius 3 is 2.41 bits per heavy atom. The average Bonchev–Trinajstić information content (AvgIpc) is 2.30. The van der Waals surface area contributed by atoms with Crippen molar-refractivity contribution in [3.63, 3.8) is 0 Å². The van der Waals surface area contributed by atoms with Crippen molar-refractivity contribution in [3.05, 3.63) is 0 Å². The van der Waals surface area contributed by atoms with Crippen LogP contribution in [-0.2, 0) is 9.53 Å². The van der Waals surface area contributed by atoms with Gasteiger partial charge < -0.3 is 9.64 Å². The molecule has 17 heavy (non-hydrogen) atoms. The van der Waals surface area contributed by atoms with Gasteiger partial charge in [0.1, 0.15) is 9.57 Å². The van der Waals surface area contributed by atoms with Crippen LogP contribution >= 0.6 is 24.0 Å². The van der Waals surface area contributed by atoms with Gasteiger partial charge in [-0.15, -0.1) is 0 Å². The Bertz CT molecular complexity index is 243. The number of unbranched alkanes of at least 4 members (excludes halogenated alkanes) is 1. The minimum atomic E-state index is -0.222. The van der Waals surface area contributed by atoms with Crippen LogP contribution in [0.2, 0.25) is 0 Å². The highest BCUT2D eigenvalue weighted by molar-refractivity contribution is 8.23. The maximum absolute atomic E-state index is 11.6. The highest BCUT2D eigenvalue weighted by atomic mass is 32.2. The van der Waals surface area contributed by atoms with Gasteiger partial charge in [-0.2, -0.15) is 0 Å². The molecule has 3 nitrogen and oxygen atoms in total. The van der Waals surface area contributed by atoms with Crippen molar-refractivity contribution in [2.24, 2.45) is 0 Å². The second kappa shape index (κ2) is 9.71. The van der Waals surface area contributed by atoms with E-state index in [4.69, 9.17) is 17.0 Å². The highest BCUT2D eigenvalue weighted by Gasteiger charge is 2.19. The van der Waals surface area contributed by atoms with Crippen LogP contribution in [-0.4, -0.2) is 40.1 Å². The van der Waals surface area contributed by atoms with Gasteiger partial charge in [0.25, 0.3) is 0 Å². The largest absolute Gasteiger partial charge is 0.465 e. The molecule has 0 N–H and O–H groups in total. The first kappa shape index (κ1) is 16.7. The smallest absolute Gasteiger partial charge is 0.319 e. The van der Waals surface area contributed by atoms with Gasteiger partial charge in [-0.3, -0.25) is 4.79 Å². The van der Waals surface area contributed by atoms with Crippen LogP contribution in [0.25, 0.3) is 0 Å². The monoisotopic (exact) mass is 277 g/mol. The molecule has 0 radical (unpaired) electrons. The van der Waals surface area contributed by atoms with Gasteiger partial charge in [-0.1, -0.05) is 37.3 Å². The van der Waals surface area contributed by atoms with E-state index in [1.54, 1.807) is 0 Å². The standard InChI is InChI=1S/C12H23NO2S2/c1-5-8-9-15-11(14)10(4)17-12(16)13(6-2)7-3/h10H,5-9H2,1-4H3. The predicted molar refractivity (Wildman–Crippen MR) is 78.4 cm³/mol. The van der Waals surface area contributed by atoms with Crippen molar-refractivity contribution in [3.8, 4) is 0 Å². The lowest BCUT2D eigenvalue weighted by Gasteiger charge is -2.22. The van der Waals surface area contributed by atoms with E-state index in [-0.39, 0.29) is 11.2 Å². The highest BCUT2D eigenvalue weighted by Crippen LogP contribution is 2.17. The molecule has 0 aliphatic carbocycles. The van der Waals surface area contributed by atoms with Gasteiger partial charge in [-0.05, 0) is 27.2 Å². The third-order valence-electron chi connectivity index (χ3n) is 2.37. The Kier molecular flexibility index (Phi) is 9.55. The summed E-state index contributed by atoms with van der Waals surface area (Å²) in [5.74, 6) is -0.169. The van der Waals surface area contributed by atoms with Crippen LogP contribution in [0.15, 0.2) is 0 Å². The Hall–Kier alpha value is -0.290. The van der Waals surface area contributed by atoms with E-state index in [9.17, 15) is 4.79 Å². The lowest BCUT2D eigenvalue weighted by Crippen LogP contribution is -2.30. The number of carbonyl (C=O) groups excluding carboxylic acids is 1. The molecule has 0 aromatic carbocycles. The molecular weight excluding hydrogens is 254 g/mol. The summed E-state index contributed by atoms with van der Waals surface area (Å²) in [6.07, 6.45) is 1.95. The number of hydrogen-bond donors (Lipinski definition) is 0. The number of thioether (sulfide) groups is 1. The third-order valence-corrected chi connectivity index (χ3v) is 3.93. The molecule has 0 heterocycles. The first-order valence-corrected chi connectivity index (χ1v) is 7.47. The van der Waals surface area contributed by atoms with Gasteiger partial charge in [-0.25, -0.2) is 0 Å². The maximum Gasteiger partial charge on any atom is 0.319 e. The minimum absolute atomic E-state index is 0.169. The Balaban J connectivity index is 4.02. The molecule has 5 heteroatoms. The molecule has 0 aliphatic rings. The number of thiocarbonyl (C=S) groups is 1. The van der Waals surface area contributed by atoms with Crippen LogP contribution < -0.4 is 0 Å². The van der Waals surface area contributed by atoms with Crippen molar-refractivity contribution in [2.45, 2.75) is 45.8 Å². The van der Waals surface area contributed by atoms with Crippen molar-refractivity contribution in [2.75, 3.05) is 19.7 Å². The van der Waals surface area contributed by atoms with Gasteiger partial charge in [0.2, 0.25) is 0 Å². The van der Waals surface area contributed by atoms with E-state index in [1.165, 1.54) is 11.8 Å². The van der Waals surface area contributed by atoms with Crippen molar-refractivity contribution in [1.29, 1.82) is 0 Å². The summed E-state index contributed by atoms with van der Waals surface area (Å²) in [6.45, 7) is 10.3. The normalized spacial score (nSPS) is 12.0. The zero-order valence-corrected chi connectivity index (χ0v) is 12.8. The fourth-order valence-electron chi connectivity index (χ4n) is 1.19. The van der Waals surface area contributed by atoms with Crippen molar-refractivity contribution < 1.29 is 9.53 Å². The first-order valence-electron chi connectivity index (χ1n) is 6.18. The van der Waals surface area contributed by atoms with E-state index < -0.39 is 0 Å². The Labute approximate surface area is 114 Å². The molecule has 100 valence electrons. The molecule has 0 saturated heterocycles. The first-order chi connectivity index (χ1) is 8.06. The van der Waals surface area contributed by atoms with Gasteiger partial charge in [0, 0.05) is 13.1 Å². The Morgan fingerprint density at radius 1 is 1.35 bits per heavy atom. The topological polar surface area (TPSA) is 29.5 Å². The number of rotatable bonds is 7. The number of carbonyl (C=O) groups is 1. The van der Waals surface area contributed by atoms with Gasteiger partial charge in [0.15, 0.2) is 0 Å². The molecule has 0 aliphatic heterocycles. The fourth-order valence-corrected chi connectivity index (χ4v) is 2.76. The molecule has 1 atom stereocenters.